The highest BCUT2D eigenvalue weighted by Gasteiger charge is 2.17. The van der Waals surface area contributed by atoms with Crippen LogP contribution in [0.1, 0.15) is 50.0 Å². The lowest BCUT2D eigenvalue weighted by Crippen LogP contribution is -2.14. The minimum atomic E-state index is 0.108. The van der Waals surface area contributed by atoms with Gasteiger partial charge in [0.15, 0.2) is 5.78 Å². The molecule has 0 aliphatic heterocycles. The van der Waals surface area contributed by atoms with Crippen LogP contribution in [-0.4, -0.2) is 5.78 Å². The summed E-state index contributed by atoms with van der Waals surface area (Å²) < 4.78 is 0. The Bertz CT molecular complexity index is 589. The number of Topliss-reactive ketones (excluding diaryl/α,β-unsaturated/α-hetero) is 1. The number of carbonyl (C=O) groups excluding carboxylic acids is 1. The van der Waals surface area contributed by atoms with Crippen molar-refractivity contribution in [2.75, 3.05) is 0 Å². The number of benzene rings is 2. The van der Waals surface area contributed by atoms with Crippen LogP contribution < -0.4 is 0 Å². The molecule has 2 rings (SSSR count). The lowest BCUT2D eigenvalue weighted by atomic mass is 9.82. The van der Waals surface area contributed by atoms with E-state index in [1.165, 1.54) is 11.1 Å². The van der Waals surface area contributed by atoms with Crippen molar-refractivity contribution >= 4 is 5.78 Å². The molecular formula is C19H22O. The van der Waals surface area contributed by atoms with Crippen molar-refractivity contribution in [2.24, 2.45) is 0 Å². The Hall–Kier alpha value is -1.89. The first-order valence-corrected chi connectivity index (χ1v) is 7.16. The first-order chi connectivity index (χ1) is 9.44. The molecule has 0 atom stereocenters. The molecule has 0 spiro atoms. The van der Waals surface area contributed by atoms with Crippen LogP contribution in [0, 0.1) is 0 Å². The van der Waals surface area contributed by atoms with Crippen molar-refractivity contribution in [1.82, 2.24) is 0 Å². The Labute approximate surface area is 121 Å². The summed E-state index contributed by atoms with van der Waals surface area (Å²) >= 11 is 0. The lowest BCUT2D eigenvalue weighted by molar-refractivity contribution is 0.101. The maximum Gasteiger partial charge on any atom is 0.159 e. The van der Waals surface area contributed by atoms with Gasteiger partial charge in [-0.3, -0.25) is 4.79 Å². The number of hydrogen-bond acceptors (Lipinski definition) is 1. The van der Waals surface area contributed by atoms with Gasteiger partial charge in [-0.15, -0.1) is 0 Å². The molecule has 0 heterocycles. The average Bonchev–Trinajstić information content (AvgIpc) is 2.47. The molecule has 0 radical (unpaired) electrons. The highest BCUT2D eigenvalue weighted by atomic mass is 16.1. The van der Waals surface area contributed by atoms with Gasteiger partial charge in [-0.25, -0.2) is 0 Å². The summed E-state index contributed by atoms with van der Waals surface area (Å²) in [5, 5.41) is 0. The minimum absolute atomic E-state index is 0.108. The number of ketones is 1. The van der Waals surface area contributed by atoms with E-state index in [9.17, 15) is 4.79 Å². The van der Waals surface area contributed by atoms with Gasteiger partial charge in [-0.2, -0.15) is 0 Å². The predicted molar refractivity (Wildman–Crippen MR) is 85.2 cm³/mol. The SMILES string of the molecule is CCC(C)(C)c1ccc(-c2ccc(C(C)=O)cc2)cc1. The third-order valence-corrected chi connectivity index (χ3v) is 4.18. The van der Waals surface area contributed by atoms with Gasteiger partial charge >= 0.3 is 0 Å². The summed E-state index contributed by atoms with van der Waals surface area (Å²) in [6.45, 7) is 8.35. The molecule has 104 valence electrons. The second-order valence-electron chi connectivity index (χ2n) is 5.95. The molecular weight excluding hydrogens is 244 g/mol. The van der Waals surface area contributed by atoms with Crippen LogP contribution >= 0.6 is 0 Å². The summed E-state index contributed by atoms with van der Waals surface area (Å²) in [5.41, 5.74) is 4.69. The maximum absolute atomic E-state index is 11.3. The van der Waals surface area contributed by atoms with Crippen molar-refractivity contribution < 1.29 is 4.79 Å². The zero-order valence-corrected chi connectivity index (χ0v) is 12.7. The quantitative estimate of drug-likeness (QED) is 0.691. The van der Waals surface area contributed by atoms with Crippen molar-refractivity contribution in [3.05, 3.63) is 59.7 Å². The summed E-state index contributed by atoms with van der Waals surface area (Å²) in [6.07, 6.45) is 1.12. The van der Waals surface area contributed by atoms with Crippen LogP contribution in [0.15, 0.2) is 48.5 Å². The largest absolute Gasteiger partial charge is 0.295 e. The van der Waals surface area contributed by atoms with Gasteiger partial charge < -0.3 is 0 Å². The smallest absolute Gasteiger partial charge is 0.159 e. The van der Waals surface area contributed by atoms with E-state index < -0.39 is 0 Å². The minimum Gasteiger partial charge on any atom is -0.295 e. The van der Waals surface area contributed by atoms with E-state index in [4.69, 9.17) is 0 Å². The van der Waals surface area contributed by atoms with E-state index in [-0.39, 0.29) is 11.2 Å². The second kappa shape index (κ2) is 5.62. The Kier molecular flexibility index (Phi) is 4.08. The number of carbonyl (C=O) groups is 1. The second-order valence-corrected chi connectivity index (χ2v) is 5.95. The van der Waals surface area contributed by atoms with E-state index in [1.807, 2.05) is 24.3 Å². The fourth-order valence-corrected chi connectivity index (χ4v) is 2.22. The first-order valence-electron chi connectivity index (χ1n) is 7.16. The molecule has 0 fully saturated rings. The summed E-state index contributed by atoms with van der Waals surface area (Å²) in [7, 11) is 0. The topological polar surface area (TPSA) is 17.1 Å². The van der Waals surface area contributed by atoms with Crippen LogP contribution in [0.5, 0.6) is 0 Å². The van der Waals surface area contributed by atoms with Crippen LogP contribution in [0.2, 0.25) is 0 Å². The molecule has 0 amide bonds. The van der Waals surface area contributed by atoms with Crippen molar-refractivity contribution in [2.45, 2.75) is 39.5 Å². The van der Waals surface area contributed by atoms with Gasteiger partial charge in [0.1, 0.15) is 0 Å². The molecule has 0 unspecified atom stereocenters. The molecule has 0 saturated heterocycles. The number of rotatable bonds is 4. The molecule has 1 nitrogen and oxygen atoms in total. The maximum atomic E-state index is 11.3. The van der Waals surface area contributed by atoms with Crippen molar-refractivity contribution in [3.63, 3.8) is 0 Å². The van der Waals surface area contributed by atoms with E-state index in [0.29, 0.717) is 0 Å². The Balaban J connectivity index is 2.28. The lowest BCUT2D eigenvalue weighted by Gasteiger charge is -2.23. The summed E-state index contributed by atoms with van der Waals surface area (Å²) in [4.78, 5) is 11.3. The third-order valence-electron chi connectivity index (χ3n) is 4.18. The average molecular weight is 266 g/mol. The van der Waals surface area contributed by atoms with Gasteiger partial charge in [-0.05, 0) is 35.4 Å². The molecule has 1 heteroatoms. The molecule has 2 aromatic rings. The zero-order valence-electron chi connectivity index (χ0n) is 12.7. The van der Waals surface area contributed by atoms with Crippen LogP contribution in [0.3, 0.4) is 0 Å². The molecule has 0 bridgehead atoms. The van der Waals surface area contributed by atoms with E-state index >= 15 is 0 Å². The number of hydrogen-bond donors (Lipinski definition) is 0. The summed E-state index contributed by atoms with van der Waals surface area (Å²) in [5.74, 6) is 0.108. The molecule has 0 saturated carbocycles. The van der Waals surface area contributed by atoms with Crippen molar-refractivity contribution in [1.29, 1.82) is 0 Å². The molecule has 0 N–H and O–H groups in total. The predicted octanol–water partition coefficient (Wildman–Crippen LogP) is 5.24. The standard InChI is InChI=1S/C19H22O/c1-5-19(3,4)18-12-10-17(11-13-18)16-8-6-15(7-9-16)14(2)20/h6-13H,5H2,1-4H3. The zero-order chi connectivity index (χ0) is 14.8. The van der Waals surface area contributed by atoms with Crippen molar-refractivity contribution in [3.8, 4) is 11.1 Å². The monoisotopic (exact) mass is 266 g/mol. The Morgan fingerprint density at radius 2 is 1.35 bits per heavy atom. The van der Waals surface area contributed by atoms with Gasteiger partial charge in [0, 0.05) is 5.56 Å². The summed E-state index contributed by atoms with van der Waals surface area (Å²) in [6, 6.07) is 16.5. The Morgan fingerprint density at radius 3 is 1.75 bits per heavy atom. The van der Waals surface area contributed by atoms with Crippen LogP contribution in [0.4, 0.5) is 0 Å². The molecule has 0 aliphatic rings. The van der Waals surface area contributed by atoms with Gasteiger partial charge in [0.2, 0.25) is 0 Å². The molecule has 2 aromatic carbocycles. The Morgan fingerprint density at radius 1 is 0.900 bits per heavy atom. The van der Waals surface area contributed by atoms with Crippen LogP contribution in [0.25, 0.3) is 11.1 Å². The van der Waals surface area contributed by atoms with Gasteiger partial charge in [0.05, 0.1) is 0 Å². The fraction of sp³-hybridized carbons (Fsp3) is 0.316. The van der Waals surface area contributed by atoms with E-state index in [2.05, 4.69) is 45.0 Å². The molecule has 0 aliphatic carbocycles. The molecule has 0 aromatic heterocycles. The fourth-order valence-electron chi connectivity index (χ4n) is 2.22. The van der Waals surface area contributed by atoms with Gasteiger partial charge in [0.25, 0.3) is 0 Å². The first kappa shape index (κ1) is 14.5. The van der Waals surface area contributed by atoms with E-state index in [1.54, 1.807) is 6.92 Å². The highest BCUT2D eigenvalue weighted by molar-refractivity contribution is 5.94. The molecule has 20 heavy (non-hydrogen) atoms. The third kappa shape index (κ3) is 2.98. The van der Waals surface area contributed by atoms with Gasteiger partial charge in [-0.1, -0.05) is 69.3 Å². The van der Waals surface area contributed by atoms with E-state index in [0.717, 1.165) is 17.5 Å². The van der Waals surface area contributed by atoms with Crippen LogP contribution in [-0.2, 0) is 5.41 Å². The highest BCUT2D eigenvalue weighted by Crippen LogP contribution is 2.29. The normalized spacial score (nSPS) is 11.4.